The first kappa shape index (κ1) is 10.2. The fraction of sp³-hybridized carbons (Fsp3) is 0.333. The average molecular weight is 228 g/mol. The lowest BCUT2D eigenvalue weighted by atomic mass is 9.82. The Morgan fingerprint density at radius 1 is 1.19 bits per heavy atom. The van der Waals surface area contributed by atoms with Gasteiger partial charge in [-0.1, -0.05) is 49.0 Å². The van der Waals surface area contributed by atoms with Crippen molar-refractivity contribution in [2.24, 2.45) is 5.92 Å². The van der Waals surface area contributed by atoms with E-state index in [1.54, 1.807) is 4.91 Å². The third kappa shape index (κ3) is 1.31. The Kier molecular flexibility index (Phi) is 2.25. The average Bonchev–Trinajstić information content (AvgIpc) is 2.66. The van der Waals surface area contributed by atoms with Gasteiger partial charge in [0.05, 0.1) is 0 Å². The Hall–Kier alpha value is -0.950. The molecule has 0 nitrogen and oxygen atoms in total. The first-order chi connectivity index (χ1) is 7.68. The van der Waals surface area contributed by atoms with Gasteiger partial charge in [0, 0.05) is 15.7 Å². The van der Waals surface area contributed by atoms with Crippen molar-refractivity contribution < 1.29 is 0 Å². The van der Waals surface area contributed by atoms with E-state index in [-0.39, 0.29) is 0 Å². The van der Waals surface area contributed by atoms with E-state index in [4.69, 9.17) is 0 Å². The molecule has 1 aromatic carbocycles. The van der Waals surface area contributed by atoms with E-state index in [0.717, 1.165) is 0 Å². The smallest absolute Gasteiger partial charge is 0.0227 e. The Labute approximate surface area is 101 Å². The summed E-state index contributed by atoms with van der Waals surface area (Å²) < 4.78 is 0. The molecule has 0 radical (unpaired) electrons. The summed E-state index contributed by atoms with van der Waals surface area (Å²) in [6.07, 6.45) is 4.63. The van der Waals surface area contributed by atoms with E-state index in [1.165, 1.54) is 21.6 Å². The molecule has 16 heavy (non-hydrogen) atoms. The lowest BCUT2D eigenvalue weighted by Crippen LogP contribution is -2.09. The van der Waals surface area contributed by atoms with Gasteiger partial charge in [0.15, 0.2) is 0 Å². The minimum atomic E-state index is 0.616. The highest BCUT2D eigenvalue weighted by Crippen LogP contribution is 2.55. The zero-order valence-electron chi connectivity index (χ0n) is 9.95. The molecule has 0 aromatic heterocycles. The van der Waals surface area contributed by atoms with E-state index in [0.29, 0.717) is 11.8 Å². The molecule has 3 rings (SSSR count). The van der Waals surface area contributed by atoms with Gasteiger partial charge in [-0.15, -0.1) is 0 Å². The molecule has 1 heterocycles. The van der Waals surface area contributed by atoms with Crippen molar-refractivity contribution in [2.75, 3.05) is 0 Å². The van der Waals surface area contributed by atoms with Gasteiger partial charge in [-0.2, -0.15) is 0 Å². The largest absolute Gasteiger partial charge is 0.0930 e. The van der Waals surface area contributed by atoms with Crippen molar-refractivity contribution in [3.63, 3.8) is 0 Å². The summed E-state index contributed by atoms with van der Waals surface area (Å²) in [7, 11) is 0. The minimum absolute atomic E-state index is 0.616. The lowest BCUT2D eigenvalue weighted by Gasteiger charge is -2.23. The van der Waals surface area contributed by atoms with Crippen LogP contribution in [0.15, 0.2) is 45.7 Å². The number of hydrogen-bond acceptors (Lipinski definition) is 1. The molecular formula is C15H16S. The standard InChI is InChI=1S/C15H16S/c1-9-7-8-11(3)15-13(9)12-6-4-5-10(2)14(12)16-15/h4-9,13H,1-3H3. The molecule has 1 aromatic rings. The molecule has 0 saturated carbocycles. The van der Waals surface area contributed by atoms with E-state index in [9.17, 15) is 0 Å². The molecule has 2 atom stereocenters. The number of benzene rings is 1. The lowest BCUT2D eigenvalue weighted by molar-refractivity contribution is 0.622. The number of aryl methyl sites for hydroxylation is 1. The summed E-state index contributed by atoms with van der Waals surface area (Å²) in [6.45, 7) is 6.78. The molecular weight excluding hydrogens is 212 g/mol. The molecule has 0 bridgehead atoms. The third-order valence-corrected chi connectivity index (χ3v) is 5.19. The normalized spacial score (nSPS) is 26.9. The van der Waals surface area contributed by atoms with Gasteiger partial charge in [-0.05, 0) is 36.5 Å². The number of hydrogen-bond donors (Lipinski definition) is 0. The molecule has 0 spiro atoms. The van der Waals surface area contributed by atoms with Crippen LogP contribution in [0.3, 0.4) is 0 Å². The van der Waals surface area contributed by atoms with Crippen LogP contribution in [0, 0.1) is 12.8 Å². The maximum absolute atomic E-state index is 2.35. The van der Waals surface area contributed by atoms with E-state index in [2.05, 4.69) is 51.1 Å². The van der Waals surface area contributed by atoms with Crippen LogP contribution in [0.25, 0.3) is 0 Å². The first-order valence-electron chi connectivity index (χ1n) is 5.85. The maximum atomic E-state index is 2.35. The molecule has 0 amide bonds. The zero-order valence-corrected chi connectivity index (χ0v) is 10.8. The monoisotopic (exact) mass is 228 g/mol. The third-order valence-electron chi connectivity index (χ3n) is 3.64. The highest BCUT2D eigenvalue weighted by Gasteiger charge is 2.34. The van der Waals surface area contributed by atoms with Crippen LogP contribution in [-0.2, 0) is 0 Å². The highest BCUT2D eigenvalue weighted by atomic mass is 32.2. The van der Waals surface area contributed by atoms with Crippen LogP contribution in [0.4, 0.5) is 0 Å². The van der Waals surface area contributed by atoms with Gasteiger partial charge >= 0.3 is 0 Å². The number of fused-ring (bicyclic) bond motifs is 3. The van der Waals surface area contributed by atoms with Crippen molar-refractivity contribution >= 4 is 11.8 Å². The Morgan fingerprint density at radius 2 is 2.00 bits per heavy atom. The Morgan fingerprint density at radius 3 is 2.81 bits per heavy atom. The second-order valence-corrected chi connectivity index (χ2v) is 5.89. The maximum Gasteiger partial charge on any atom is 0.0227 e. The summed E-state index contributed by atoms with van der Waals surface area (Å²) in [5.74, 6) is 1.25. The summed E-state index contributed by atoms with van der Waals surface area (Å²) >= 11 is 1.99. The van der Waals surface area contributed by atoms with Crippen molar-refractivity contribution in [1.82, 2.24) is 0 Å². The molecule has 1 aliphatic heterocycles. The van der Waals surface area contributed by atoms with Crippen molar-refractivity contribution in [2.45, 2.75) is 31.6 Å². The molecule has 0 N–H and O–H groups in total. The molecule has 2 aliphatic rings. The predicted molar refractivity (Wildman–Crippen MR) is 70.8 cm³/mol. The van der Waals surface area contributed by atoms with Crippen LogP contribution in [0.2, 0.25) is 0 Å². The van der Waals surface area contributed by atoms with Crippen molar-refractivity contribution in [3.8, 4) is 0 Å². The van der Waals surface area contributed by atoms with E-state index < -0.39 is 0 Å². The predicted octanol–water partition coefficient (Wildman–Crippen LogP) is 4.66. The zero-order chi connectivity index (χ0) is 11.3. The molecule has 1 aliphatic carbocycles. The fourth-order valence-corrected chi connectivity index (χ4v) is 4.17. The van der Waals surface area contributed by atoms with Crippen LogP contribution in [0.5, 0.6) is 0 Å². The summed E-state index contributed by atoms with van der Waals surface area (Å²) in [5.41, 5.74) is 4.41. The Balaban J connectivity index is 2.21. The number of thioether (sulfide) groups is 1. The van der Waals surface area contributed by atoms with E-state index in [1.807, 2.05) is 11.8 Å². The highest BCUT2D eigenvalue weighted by molar-refractivity contribution is 8.03. The van der Waals surface area contributed by atoms with Gasteiger partial charge in [-0.3, -0.25) is 0 Å². The second-order valence-electron chi connectivity index (χ2n) is 4.84. The van der Waals surface area contributed by atoms with Crippen molar-refractivity contribution in [1.29, 1.82) is 0 Å². The minimum Gasteiger partial charge on any atom is -0.0930 e. The van der Waals surface area contributed by atoms with Crippen LogP contribution in [0.1, 0.15) is 30.9 Å². The summed E-state index contributed by atoms with van der Waals surface area (Å²) in [5, 5.41) is 0. The molecule has 1 heteroatoms. The molecule has 0 saturated heterocycles. The second kappa shape index (κ2) is 3.53. The number of allylic oxidation sites excluding steroid dienone is 4. The molecule has 0 fully saturated rings. The SMILES string of the molecule is CC1=C2Sc3c(C)cccc3C2C(C)C=C1. The van der Waals surface area contributed by atoms with Gasteiger partial charge in [0.2, 0.25) is 0 Å². The number of rotatable bonds is 0. The van der Waals surface area contributed by atoms with Gasteiger partial charge in [-0.25, -0.2) is 0 Å². The van der Waals surface area contributed by atoms with Crippen molar-refractivity contribution in [3.05, 3.63) is 52.0 Å². The quantitative estimate of drug-likeness (QED) is 0.622. The van der Waals surface area contributed by atoms with E-state index >= 15 is 0 Å². The fourth-order valence-electron chi connectivity index (χ4n) is 2.71. The van der Waals surface area contributed by atoms with Crippen LogP contribution >= 0.6 is 11.8 Å². The van der Waals surface area contributed by atoms with Gasteiger partial charge < -0.3 is 0 Å². The summed E-state index contributed by atoms with van der Waals surface area (Å²) in [4.78, 5) is 3.07. The van der Waals surface area contributed by atoms with Gasteiger partial charge in [0.25, 0.3) is 0 Å². The van der Waals surface area contributed by atoms with Gasteiger partial charge in [0.1, 0.15) is 0 Å². The first-order valence-corrected chi connectivity index (χ1v) is 6.66. The molecule has 82 valence electrons. The topological polar surface area (TPSA) is 0 Å². The van der Waals surface area contributed by atoms with Crippen LogP contribution < -0.4 is 0 Å². The summed E-state index contributed by atoms with van der Waals surface area (Å²) in [6, 6.07) is 6.71. The Bertz CT molecular complexity index is 508. The van der Waals surface area contributed by atoms with Crippen LogP contribution in [-0.4, -0.2) is 0 Å². The molecule has 2 unspecified atom stereocenters.